The molecule has 0 N–H and O–H groups in total. The molecule has 0 spiro atoms. The molecule has 4 aromatic rings. The lowest BCUT2D eigenvalue weighted by atomic mass is 9.97. The summed E-state index contributed by atoms with van der Waals surface area (Å²) in [5.74, 6) is -1.00. The molecule has 1 aromatic heterocycles. The number of benzene rings is 3. The van der Waals surface area contributed by atoms with E-state index in [1.54, 1.807) is 12.3 Å². The number of carbonyl (C=O) groups excluding carboxylic acids is 2. The number of pyridine rings is 1. The molecule has 0 radical (unpaired) electrons. The van der Waals surface area contributed by atoms with Crippen LogP contribution in [0, 0.1) is 0 Å². The highest BCUT2D eigenvalue weighted by molar-refractivity contribution is 9.10. The zero-order valence-electron chi connectivity index (χ0n) is 18.1. The number of ether oxygens (including phenoxy) is 1. The minimum Gasteiger partial charge on any atom is -0.452 e. The van der Waals surface area contributed by atoms with Gasteiger partial charge in [-0.1, -0.05) is 66.7 Å². The number of hydrazone groups is 1. The maximum Gasteiger partial charge on any atom is 0.340 e. The van der Waals surface area contributed by atoms with Crippen LogP contribution in [0.1, 0.15) is 33.9 Å². The summed E-state index contributed by atoms with van der Waals surface area (Å²) >= 11 is 3.28. The molecule has 5 rings (SSSR count). The van der Waals surface area contributed by atoms with Gasteiger partial charge in [0.05, 0.1) is 17.3 Å². The van der Waals surface area contributed by atoms with Crippen LogP contribution >= 0.6 is 15.9 Å². The van der Waals surface area contributed by atoms with E-state index in [9.17, 15) is 9.59 Å². The summed E-state index contributed by atoms with van der Waals surface area (Å²) in [7, 11) is 0. The second-order valence-corrected chi connectivity index (χ2v) is 8.86. The smallest absolute Gasteiger partial charge is 0.340 e. The standard InChI is InChI=1S/C27H20BrN3O3/c28-23-13-22(15-29-16-23)27(33)34-17-26(32)31-25(19-7-2-1-3-8-19)14-24(30-31)21-11-10-18-6-4-5-9-20(18)12-21/h1-13,15-16,25H,14,17H2/t25-/m0/s1. The maximum atomic E-state index is 13.1. The first-order valence-electron chi connectivity index (χ1n) is 10.8. The molecule has 0 unspecified atom stereocenters. The van der Waals surface area contributed by atoms with Crippen LogP contribution in [0.3, 0.4) is 0 Å². The van der Waals surface area contributed by atoms with Crippen molar-refractivity contribution >= 4 is 44.3 Å². The lowest BCUT2D eigenvalue weighted by Gasteiger charge is -2.21. The van der Waals surface area contributed by atoms with Crippen molar-refractivity contribution in [3.8, 4) is 0 Å². The van der Waals surface area contributed by atoms with Crippen LogP contribution in [0.15, 0.2) is 101 Å². The van der Waals surface area contributed by atoms with Crippen molar-refractivity contribution in [2.75, 3.05) is 6.61 Å². The summed E-state index contributed by atoms with van der Waals surface area (Å²) in [4.78, 5) is 29.5. The minimum absolute atomic E-state index is 0.267. The van der Waals surface area contributed by atoms with Gasteiger partial charge in [-0.05, 0) is 50.0 Å². The molecule has 0 saturated carbocycles. The molecule has 1 amide bonds. The molecule has 1 atom stereocenters. The number of aromatic nitrogens is 1. The Morgan fingerprint density at radius 2 is 1.71 bits per heavy atom. The van der Waals surface area contributed by atoms with Crippen LogP contribution < -0.4 is 0 Å². The topological polar surface area (TPSA) is 71.9 Å². The monoisotopic (exact) mass is 513 g/mol. The summed E-state index contributed by atoms with van der Waals surface area (Å²) in [5.41, 5.74) is 3.02. The number of fused-ring (bicyclic) bond motifs is 1. The van der Waals surface area contributed by atoms with Crippen LogP contribution in [-0.2, 0) is 9.53 Å². The van der Waals surface area contributed by atoms with E-state index < -0.39 is 12.6 Å². The first-order valence-corrected chi connectivity index (χ1v) is 11.6. The Hall–Kier alpha value is -3.84. The van der Waals surface area contributed by atoms with Gasteiger partial charge in [0.2, 0.25) is 0 Å². The molecule has 0 fully saturated rings. The van der Waals surface area contributed by atoms with Gasteiger partial charge in [0, 0.05) is 23.3 Å². The Balaban J connectivity index is 1.40. The van der Waals surface area contributed by atoms with E-state index >= 15 is 0 Å². The van der Waals surface area contributed by atoms with Crippen LogP contribution in [0.2, 0.25) is 0 Å². The fraction of sp³-hybridized carbons (Fsp3) is 0.111. The van der Waals surface area contributed by atoms with Crippen molar-refractivity contribution in [2.45, 2.75) is 12.5 Å². The molecule has 0 bridgehead atoms. The fourth-order valence-electron chi connectivity index (χ4n) is 4.02. The van der Waals surface area contributed by atoms with E-state index in [2.05, 4.69) is 50.3 Å². The molecule has 168 valence electrons. The normalized spacial score (nSPS) is 15.3. The van der Waals surface area contributed by atoms with Gasteiger partial charge < -0.3 is 4.74 Å². The second kappa shape index (κ2) is 9.57. The summed E-state index contributed by atoms with van der Waals surface area (Å²) in [6, 6.07) is 25.4. The van der Waals surface area contributed by atoms with E-state index in [1.165, 1.54) is 11.2 Å². The number of nitrogens with zero attached hydrogens (tertiary/aromatic N) is 3. The number of hydrogen-bond donors (Lipinski definition) is 0. The Morgan fingerprint density at radius 1 is 0.941 bits per heavy atom. The lowest BCUT2D eigenvalue weighted by Crippen LogP contribution is -2.31. The third-order valence-electron chi connectivity index (χ3n) is 5.70. The first kappa shape index (κ1) is 22.0. The van der Waals surface area contributed by atoms with Crippen molar-refractivity contribution in [1.82, 2.24) is 9.99 Å². The van der Waals surface area contributed by atoms with Gasteiger partial charge in [0.1, 0.15) is 0 Å². The predicted octanol–water partition coefficient (Wildman–Crippen LogP) is 5.53. The SMILES string of the molecule is O=C(OCC(=O)N1N=C(c2ccc3ccccc3c2)C[C@H]1c1ccccc1)c1cncc(Br)c1. The largest absolute Gasteiger partial charge is 0.452 e. The summed E-state index contributed by atoms with van der Waals surface area (Å²) < 4.78 is 5.93. The number of rotatable bonds is 5. The Bertz CT molecular complexity index is 1400. The van der Waals surface area contributed by atoms with Crippen LogP contribution in [0.25, 0.3) is 10.8 Å². The molecule has 6 nitrogen and oxygen atoms in total. The van der Waals surface area contributed by atoms with Gasteiger partial charge in [-0.15, -0.1) is 0 Å². The van der Waals surface area contributed by atoms with Crippen molar-refractivity contribution in [1.29, 1.82) is 0 Å². The second-order valence-electron chi connectivity index (χ2n) is 7.95. The summed E-state index contributed by atoms with van der Waals surface area (Å²) in [6.07, 6.45) is 3.54. The quantitative estimate of drug-likeness (QED) is 0.329. The van der Waals surface area contributed by atoms with Crippen molar-refractivity contribution in [3.63, 3.8) is 0 Å². The van der Waals surface area contributed by atoms with Gasteiger partial charge in [-0.3, -0.25) is 9.78 Å². The van der Waals surface area contributed by atoms with E-state index in [4.69, 9.17) is 4.74 Å². The van der Waals surface area contributed by atoms with E-state index in [0.29, 0.717) is 10.9 Å². The highest BCUT2D eigenvalue weighted by Gasteiger charge is 2.33. The number of amides is 1. The first-order chi connectivity index (χ1) is 16.6. The predicted molar refractivity (Wildman–Crippen MR) is 133 cm³/mol. The molecular weight excluding hydrogens is 494 g/mol. The van der Waals surface area contributed by atoms with Crippen molar-refractivity contribution < 1.29 is 14.3 Å². The molecule has 1 aliphatic rings. The number of carbonyl (C=O) groups is 2. The number of hydrogen-bond acceptors (Lipinski definition) is 5. The van der Waals surface area contributed by atoms with Gasteiger partial charge in [0.15, 0.2) is 6.61 Å². The third kappa shape index (κ3) is 4.61. The van der Waals surface area contributed by atoms with Crippen LogP contribution in [0.5, 0.6) is 0 Å². The maximum absolute atomic E-state index is 13.1. The van der Waals surface area contributed by atoms with Gasteiger partial charge in [-0.2, -0.15) is 5.10 Å². The highest BCUT2D eigenvalue weighted by Crippen LogP contribution is 2.33. The van der Waals surface area contributed by atoms with Crippen LogP contribution in [-0.4, -0.2) is 34.2 Å². The van der Waals surface area contributed by atoms with E-state index in [0.717, 1.165) is 27.6 Å². The van der Waals surface area contributed by atoms with Gasteiger partial charge >= 0.3 is 5.97 Å². The minimum atomic E-state index is -0.614. The molecule has 7 heteroatoms. The summed E-state index contributed by atoms with van der Waals surface area (Å²) in [6.45, 7) is -0.414. The Kier molecular flexibility index (Phi) is 6.18. The lowest BCUT2D eigenvalue weighted by molar-refractivity contribution is -0.136. The molecule has 34 heavy (non-hydrogen) atoms. The Labute approximate surface area is 205 Å². The number of esters is 1. The third-order valence-corrected chi connectivity index (χ3v) is 6.13. The average molecular weight is 514 g/mol. The van der Waals surface area contributed by atoms with Crippen molar-refractivity contribution in [2.24, 2.45) is 5.10 Å². The molecule has 3 aromatic carbocycles. The van der Waals surface area contributed by atoms with Crippen LogP contribution in [0.4, 0.5) is 0 Å². The highest BCUT2D eigenvalue weighted by atomic mass is 79.9. The molecule has 2 heterocycles. The number of halogens is 1. The zero-order chi connectivity index (χ0) is 23.5. The fourth-order valence-corrected chi connectivity index (χ4v) is 4.38. The van der Waals surface area contributed by atoms with Gasteiger partial charge in [0.25, 0.3) is 5.91 Å². The molecule has 0 saturated heterocycles. The molecule has 0 aliphatic carbocycles. The molecular formula is C27H20BrN3O3. The van der Waals surface area contributed by atoms with Gasteiger partial charge in [-0.25, -0.2) is 9.80 Å². The van der Waals surface area contributed by atoms with E-state index in [-0.39, 0.29) is 17.5 Å². The molecule has 1 aliphatic heterocycles. The zero-order valence-corrected chi connectivity index (χ0v) is 19.7. The Morgan fingerprint density at radius 3 is 2.50 bits per heavy atom. The van der Waals surface area contributed by atoms with E-state index in [1.807, 2.05) is 48.5 Å². The summed E-state index contributed by atoms with van der Waals surface area (Å²) in [5, 5.41) is 8.37. The average Bonchev–Trinajstić information content (AvgIpc) is 3.33. The van der Waals surface area contributed by atoms with Crippen molar-refractivity contribution in [3.05, 3.63) is 112 Å².